The summed E-state index contributed by atoms with van der Waals surface area (Å²) in [6.07, 6.45) is 3.99. The minimum Gasteiger partial charge on any atom is -0.317 e. The Morgan fingerprint density at radius 1 is 1.38 bits per heavy atom. The van der Waals surface area contributed by atoms with Gasteiger partial charge in [0.2, 0.25) is 0 Å². The minimum atomic E-state index is -0.407. The molecule has 0 saturated carbocycles. The number of aromatic nitrogens is 3. The van der Waals surface area contributed by atoms with E-state index in [1.165, 1.54) is 12.1 Å². The molecule has 0 unspecified atom stereocenters. The maximum absolute atomic E-state index is 10.8. The molecular formula is C14H17N5O2. The lowest BCUT2D eigenvalue weighted by Crippen LogP contribution is -2.30. The highest BCUT2D eigenvalue weighted by molar-refractivity contribution is 5.58. The molecule has 7 nitrogen and oxygen atoms in total. The standard InChI is InChI=1S/C14H17N5O2/c20-19(21)13-3-1-2-12(8-13)14-16-10-18(17-14)9-11-4-6-15-7-5-11/h1-3,8,10-11,15H,4-7,9H2. The molecule has 0 bridgehead atoms. The average molecular weight is 287 g/mol. The van der Waals surface area contributed by atoms with Crippen molar-refractivity contribution in [3.63, 3.8) is 0 Å². The van der Waals surface area contributed by atoms with E-state index in [2.05, 4.69) is 15.4 Å². The van der Waals surface area contributed by atoms with Crippen LogP contribution in [0.25, 0.3) is 11.4 Å². The Bertz CT molecular complexity index is 634. The third kappa shape index (κ3) is 3.25. The molecule has 2 aromatic rings. The van der Waals surface area contributed by atoms with Crippen LogP contribution >= 0.6 is 0 Å². The van der Waals surface area contributed by atoms with E-state index >= 15 is 0 Å². The summed E-state index contributed by atoms with van der Waals surface area (Å²) in [4.78, 5) is 14.7. The van der Waals surface area contributed by atoms with Crippen LogP contribution < -0.4 is 5.32 Å². The van der Waals surface area contributed by atoms with Crippen molar-refractivity contribution in [2.45, 2.75) is 19.4 Å². The van der Waals surface area contributed by atoms with Gasteiger partial charge in [-0.3, -0.25) is 14.8 Å². The molecule has 0 amide bonds. The molecule has 7 heteroatoms. The fourth-order valence-electron chi connectivity index (χ4n) is 2.60. The van der Waals surface area contributed by atoms with Crippen LogP contribution in [0.2, 0.25) is 0 Å². The van der Waals surface area contributed by atoms with Crippen molar-refractivity contribution in [3.05, 3.63) is 40.7 Å². The fraction of sp³-hybridized carbons (Fsp3) is 0.429. The van der Waals surface area contributed by atoms with Gasteiger partial charge in [-0.15, -0.1) is 0 Å². The highest BCUT2D eigenvalue weighted by Gasteiger charge is 2.15. The molecule has 0 spiro atoms. The third-order valence-electron chi connectivity index (χ3n) is 3.76. The summed E-state index contributed by atoms with van der Waals surface area (Å²) in [5, 5.41) is 18.6. The topological polar surface area (TPSA) is 85.9 Å². The van der Waals surface area contributed by atoms with Crippen LogP contribution in [0, 0.1) is 16.0 Å². The first-order valence-electron chi connectivity index (χ1n) is 7.07. The molecule has 1 aromatic carbocycles. The van der Waals surface area contributed by atoms with Crippen LogP contribution in [0.15, 0.2) is 30.6 Å². The molecule has 1 aromatic heterocycles. The Morgan fingerprint density at radius 2 is 2.19 bits per heavy atom. The van der Waals surface area contributed by atoms with Gasteiger partial charge >= 0.3 is 0 Å². The number of hydrogen-bond donors (Lipinski definition) is 1. The van der Waals surface area contributed by atoms with Crippen molar-refractivity contribution in [2.24, 2.45) is 5.92 Å². The number of piperidine rings is 1. The highest BCUT2D eigenvalue weighted by atomic mass is 16.6. The fourth-order valence-corrected chi connectivity index (χ4v) is 2.60. The summed E-state index contributed by atoms with van der Waals surface area (Å²) in [6.45, 7) is 2.96. The molecule has 3 rings (SSSR count). The Balaban J connectivity index is 1.75. The van der Waals surface area contributed by atoms with Gasteiger partial charge in [0.05, 0.1) is 4.92 Å². The molecule has 1 aliphatic rings. The number of non-ortho nitro benzene ring substituents is 1. The van der Waals surface area contributed by atoms with Crippen molar-refractivity contribution in [2.75, 3.05) is 13.1 Å². The Morgan fingerprint density at radius 3 is 2.95 bits per heavy atom. The number of nitro groups is 1. The molecule has 110 valence electrons. The van der Waals surface area contributed by atoms with Gasteiger partial charge in [0.25, 0.3) is 5.69 Å². The summed E-state index contributed by atoms with van der Waals surface area (Å²) in [6, 6.07) is 6.41. The first-order chi connectivity index (χ1) is 10.2. The Hall–Kier alpha value is -2.28. The van der Waals surface area contributed by atoms with Gasteiger partial charge in [-0.25, -0.2) is 4.98 Å². The summed E-state index contributed by atoms with van der Waals surface area (Å²) in [7, 11) is 0. The van der Waals surface area contributed by atoms with Gasteiger partial charge in [0.1, 0.15) is 6.33 Å². The van der Waals surface area contributed by atoms with Crippen molar-refractivity contribution in [1.82, 2.24) is 20.1 Å². The van der Waals surface area contributed by atoms with E-state index < -0.39 is 4.92 Å². The Kier molecular flexibility index (Phi) is 3.92. The number of hydrogen-bond acceptors (Lipinski definition) is 5. The molecule has 2 heterocycles. The van der Waals surface area contributed by atoms with E-state index in [1.54, 1.807) is 18.5 Å². The largest absolute Gasteiger partial charge is 0.317 e. The van der Waals surface area contributed by atoms with E-state index in [-0.39, 0.29) is 5.69 Å². The van der Waals surface area contributed by atoms with Crippen molar-refractivity contribution < 1.29 is 4.92 Å². The van der Waals surface area contributed by atoms with Gasteiger partial charge in [-0.2, -0.15) is 5.10 Å². The molecule has 1 saturated heterocycles. The predicted octanol–water partition coefficient (Wildman–Crippen LogP) is 1.85. The highest BCUT2D eigenvalue weighted by Crippen LogP contribution is 2.21. The second kappa shape index (κ2) is 6.01. The zero-order chi connectivity index (χ0) is 14.7. The summed E-state index contributed by atoms with van der Waals surface area (Å²) in [5.74, 6) is 1.15. The lowest BCUT2D eigenvalue weighted by atomic mass is 9.98. The SMILES string of the molecule is O=[N+]([O-])c1cccc(-c2ncn(CC3CCNCC3)n2)c1. The zero-order valence-corrected chi connectivity index (χ0v) is 11.6. The van der Waals surface area contributed by atoms with Gasteiger partial charge in [-0.05, 0) is 31.8 Å². The van der Waals surface area contributed by atoms with Crippen LogP contribution in [0.4, 0.5) is 5.69 Å². The third-order valence-corrected chi connectivity index (χ3v) is 3.76. The maximum Gasteiger partial charge on any atom is 0.270 e. The van der Waals surface area contributed by atoms with Crippen molar-refractivity contribution >= 4 is 5.69 Å². The first-order valence-corrected chi connectivity index (χ1v) is 7.07. The quantitative estimate of drug-likeness (QED) is 0.685. The average Bonchev–Trinajstić information content (AvgIpc) is 2.97. The van der Waals surface area contributed by atoms with E-state index in [0.717, 1.165) is 32.5 Å². The van der Waals surface area contributed by atoms with Crippen molar-refractivity contribution in [3.8, 4) is 11.4 Å². The van der Waals surface area contributed by atoms with Gasteiger partial charge in [0.15, 0.2) is 5.82 Å². The second-order valence-electron chi connectivity index (χ2n) is 5.29. The van der Waals surface area contributed by atoms with Crippen LogP contribution in [-0.2, 0) is 6.54 Å². The minimum absolute atomic E-state index is 0.0576. The molecular weight excluding hydrogens is 270 g/mol. The zero-order valence-electron chi connectivity index (χ0n) is 11.6. The first kappa shape index (κ1) is 13.7. The van der Waals surface area contributed by atoms with Crippen LogP contribution in [-0.4, -0.2) is 32.8 Å². The second-order valence-corrected chi connectivity index (χ2v) is 5.29. The number of benzene rings is 1. The molecule has 21 heavy (non-hydrogen) atoms. The van der Waals surface area contributed by atoms with Gasteiger partial charge in [-0.1, -0.05) is 12.1 Å². The van der Waals surface area contributed by atoms with Gasteiger partial charge in [0, 0.05) is 24.2 Å². The number of nitrogens with one attached hydrogen (secondary N) is 1. The van der Waals surface area contributed by atoms with E-state index in [4.69, 9.17) is 0 Å². The molecule has 1 N–H and O–H groups in total. The monoisotopic (exact) mass is 287 g/mol. The van der Waals surface area contributed by atoms with Crippen molar-refractivity contribution in [1.29, 1.82) is 0 Å². The van der Waals surface area contributed by atoms with Crippen LogP contribution in [0.3, 0.4) is 0 Å². The number of nitro benzene ring substituents is 1. The van der Waals surface area contributed by atoms with Crippen LogP contribution in [0.5, 0.6) is 0 Å². The normalized spacial score (nSPS) is 16.0. The molecule has 0 radical (unpaired) electrons. The van der Waals surface area contributed by atoms with Gasteiger partial charge < -0.3 is 5.32 Å². The summed E-state index contributed by atoms with van der Waals surface area (Å²) < 4.78 is 1.84. The number of nitrogens with zero attached hydrogens (tertiary/aromatic N) is 4. The smallest absolute Gasteiger partial charge is 0.270 e. The lowest BCUT2D eigenvalue weighted by Gasteiger charge is -2.21. The summed E-state index contributed by atoms with van der Waals surface area (Å²) >= 11 is 0. The van der Waals surface area contributed by atoms with E-state index in [1.807, 2.05) is 4.68 Å². The molecule has 1 aliphatic heterocycles. The van der Waals surface area contributed by atoms with E-state index in [0.29, 0.717) is 17.3 Å². The maximum atomic E-state index is 10.8. The molecule has 0 atom stereocenters. The molecule has 0 aliphatic carbocycles. The Labute approximate surface area is 122 Å². The predicted molar refractivity (Wildman–Crippen MR) is 77.7 cm³/mol. The summed E-state index contributed by atoms with van der Waals surface area (Å²) in [5.41, 5.74) is 0.732. The van der Waals surface area contributed by atoms with Crippen LogP contribution in [0.1, 0.15) is 12.8 Å². The number of rotatable bonds is 4. The molecule has 1 fully saturated rings. The lowest BCUT2D eigenvalue weighted by molar-refractivity contribution is -0.384. The van der Waals surface area contributed by atoms with E-state index in [9.17, 15) is 10.1 Å².